The summed E-state index contributed by atoms with van der Waals surface area (Å²) in [7, 11) is -2.48. The molecule has 1 N–H and O–H groups in total. The van der Waals surface area contributed by atoms with Crippen LogP contribution in [0.3, 0.4) is 0 Å². The van der Waals surface area contributed by atoms with E-state index < -0.39 is 16.5 Å². The van der Waals surface area contributed by atoms with E-state index in [9.17, 15) is 0 Å². The summed E-state index contributed by atoms with van der Waals surface area (Å²) >= 11 is 0. The molecule has 0 unspecified atom stereocenters. The first-order valence-corrected chi connectivity index (χ1v) is 11.9. The smallest absolute Gasteiger partial charge is 0.141 e. The van der Waals surface area contributed by atoms with E-state index in [1.165, 1.54) is 12.0 Å². The SMILES string of the molecule is CC1=C([Si](C)(C)N[Si](C)(C)C)CC=C1. The highest BCUT2D eigenvalue weighted by Crippen LogP contribution is 2.27. The zero-order chi connectivity index (χ0) is 11.0. The second-order valence-electron chi connectivity index (χ2n) is 5.77. The van der Waals surface area contributed by atoms with E-state index in [2.05, 4.69) is 56.5 Å². The first kappa shape index (κ1) is 11.9. The monoisotopic (exact) mass is 225 g/mol. The van der Waals surface area contributed by atoms with Crippen molar-refractivity contribution in [2.24, 2.45) is 0 Å². The predicted octanol–water partition coefficient (Wildman–Crippen LogP) is 3.43. The molecule has 80 valence electrons. The molecule has 1 aliphatic rings. The Morgan fingerprint density at radius 3 is 2.07 bits per heavy atom. The minimum absolute atomic E-state index is 1.14. The summed E-state index contributed by atoms with van der Waals surface area (Å²) in [5, 5.41) is 1.69. The van der Waals surface area contributed by atoms with Gasteiger partial charge in [0.1, 0.15) is 16.5 Å². The van der Waals surface area contributed by atoms with Crippen molar-refractivity contribution >= 4 is 16.5 Å². The van der Waals surface area contributed by atoms with Crippen LogP contribution in [-0.4, -0.2) is 16.5 Å². The second kappa shape index (κ2) is 3.79. The lowest BCUT2D eigenvalue weighted by molar-refractivity contribution is 1.23. The van der Waals surface area contributed by atoms with Gasteiger partial charge in [-0.25, -0.2) is 0 Å². The van der Waals surface area contributed by atoms with Gasteiger partial charge in [0.2, 0.25) is 0 Å². The summed E-state index contributed by atoms with van der Waals surface area (Å²) in [6.45, 7) is 14.3. The van der Waals surface area contributed by atoms with Crippen LogP contribution in [0.2, 0.25) is 32.7 Å². The standard InChI is InChI=1S/C11H23NSi2/c1-10-8-7-9-11(10)14(5,6)12-13(2,3)4/h7-8,12H,9H2,1-6H3. The van der Waals surface area contributed by atoms with Gasteiger partial charge in [0, 0.05) is 0 Å². The van der Waals surface area contributed by atoms with Gasteiger partial charge in [0.25, 0.3) is 0 Å². The summed E-state index contributed by atoms with van der Waals surface area (Å²) in [5.41, 5.74) is 1.51. The van der Waals surface area contributed by atoms with Crippen molar-refractivity contribution < 1.29 is 0 Å². The van der Waals surface area contributed by atoms with Gasteiger partial charge in [-0.3, -0.25) is 0 Å². The van der Waals surface area contributed by atoms with Crippen molar-refractivity contribution in [3.63, 3.8) is 0 Å². The molecule has 0 heterocycles. The Labute approximate surface area is 90.5 Å². The molecule has 3 heteroatoms. The maximum absolute atomic E-state index is 3.95. The maximum atomic E-state index is 3.95. The third kappa shape index (κ3) is 2.93. The Bertz CT molecular complexity index is 282. The van der Waals surface area contributed by atoms with Crippen LogP contribution in [0.15, 0.2) is 22.9 Å². The summed E-state index contributed by atoms with van der Waals surface area (Å²) < 4.78 is 3.95. The van der Waals surface area contributed by atoms with Crippen molar-refractivity contribution in [3.8, 4) is 0 Å². The van der Waals surface area contributed by atoms with Crippen LogP contribution in [0.1, 0.15) is 13.3 Å². The van der Waals surface area contributed by atoms with E-state index in [-0.39, 0.29) is 0 Å². The zero-order valence-electron chi connectivity index (χ0n) is 10.4. The number of hydrogen-bond acceptors (Lipinski definition) is 1. The third-order valence-electron chi connectivity index (χ3n) is 2.61. The molecule has 1 aliphatic carbocycles. The Balaban J connectivity index is 2.81. The minimum atomic E-state index is -1.34. The van der Waals surface area contributed by atoms with Crippen LogP contribution in [0.5, 0.6) is 0 Å². The van der Waals surface area contributed by atoms with Crippen LogP contribution in [-0.2, 0) is 0 Å². The fourth-order valence-corrected chi connectivity index (χ4v) is 12.2. The van der Waals surface area contributed by atoms with E-state index in [1.807, 2.05) is 0 Å². The normalized spacial score (nSPS) is 18.1. The van der Waals surface area contributed by atoms with Gasteiger partial charge in [-0.1, -0.05) is 55.7 Å². The number of rotatable bonds is 3. The van der Waals surface area contributed by atoms with E-state index >= 15 is 0 Å². The maximum Gasteiger partial charge on any atom is 0.141 e. The van der Waals surface area contributed by atoms with Gasteiger partial charge in [0.05, 0.1) is 0 Å². The third-order valence-corrected chi connectivity index (χ3v) is 10.2. The molecule has 0 radical (unpaired) electrons. The first-order chi connectivity index (χ1) is 6.22. The van der Waals surface area contributed by atoms with E-state index in [0.29, 0.717) is 0 Å². The largest absolute Gasteiger partial charge is 0.356 e. The second-order valence-corrected chi connectivity index (χ2v) is 15.1. The van der Waals surface area contributed by atoms with E-state index in [0.717, 1.165) is 0 Å². The predicted molar refractivity (Wildman–Crippen MR) is 70.4 cm³/mol. The van der Waals surface area contributed by atoms with Crippen molar-refractivity contribution in [1.29, 1.82) is 0 Å². The molecule has 1 rings (SSSR count). The lowest BCUT2D eigenvalue weighted by Crippen LogP contribution is -2.58. The molecule has 0 aliphatic heterocycles. The van der Waals surface area contributed by atoms with Crippen LogP contribution in [0.25, 0.3) is 0 Å². The summed E-state index contributed by atoms with van der Waals surface area (Å²) in [5.74, 6) is 0. The molecule has 0 amide bonds. The molecule has 0 aromatic heterocycles. The van der Waals surface area contributed by atoms with Gasteiger partial charge in [-0.15, -0.1) is 0 Å². The minimum Gasteiger partial charge on any atom is -0.356 e. The van der Waals surface area contributed by atoms with Gasteiger partial charge in [-0.05, 0) is 13.3 Å². The van der Waals surface area contributed by atoms with Gasteiger partial charge >= 0.3 is 0 Å². The van der Waals surface area contributed by atoms with E-state index in [4.69, 9.17) is 0 Å². The average Bonchev–Trinajstić information content (AvgIpc) is 2.29. The van der Waals surface area contributed by atoms with Crippen molar-refractivity contribution in [3.05, 3.63) is 22.9 Å². The number of hydrogen-bond donors (Lipinski definition) is 1. The number of nitrogens with one attached hydrogen (secondary N) is 1. The summed E-state index contributed by atoms with van der Waals surface area (Å²) in [6, 6.07) is 0. The molecule has 0 saturated carbocycles. The van der Waals surface area contributed by atoms with Crippen molar-refractivity contribution in [2.75, 3.05) is 0 Å². The Hall–Kier alpha value is -0.126. The molecule has 0 aromatic carbocycles. The molecular formula is C11H23NSi2. The van der Waals surface area contributed by atoms with E-state index in [1.54, 1.807) is 5.20 Å². The first-order valence-electron chi connectivity index (χ1n) is 5.38. The molecule has 0 fully saturated rings. The lowest BCUT2D eigenvalue weighted by atomic mass is 10.3. The fraction of sp³-hybridized carbons (Fsp3) is 0.636. The fourth-order valence-electron chi connectivity index (χ4n) is 2.38. The number of allylic oxidation sites excluding steroid dienone is 4. The van der Waals surface area contributed by atoms with Gasteiger partial charge in [0.15, 0.2) is 0 Å². The van der Waals surface area contributed by atoms with Crippen molar-refractivity contribution in [1.82, 2.24) is 4.65 Å². The topological polar surface area (TPSA) is 12.0 Å². The highest BCUT2D eigenvalue weighted by atomic mass is 28.4. The van der Waals surface area contributed by atoms with Crippen LogP contribution in [0.4, 0.5) is 0 Å². The lowest BCUT2D eigenvalue weighted by Gasteiger charge is -2.34. The molecule has 0 aromatic rings. The van der Waals surface area contributed by atoms with Crippen LogP contribution >= 0.6 is 0 Å². The van der Waals surface area contributed by atoms with Crippen LogP contribution < -0.4 is 4.65 Å². The van der Waals surface area contributed by atoms with Crippen LogP contribution in [0, 0.1) is 0 Å². The highest BCUT2D eigenvalue weighted by molar-refractivity contribution is 6.94. The molecule has 1 nitrogen and oxygen atoms in total. The summed E-state index contributed by atoms with van der Waals surface area (Å²) in [4.78, 5) is 0. The highest BCUT2D eigenvalue weighted by Gasteiger charge is 2.32. The molecule has 0 spiro atoms. The van der Waals surface area contributed by atoms with Crippen molar-refractivity contribution in [2.45, 2.75) is 46.1 Å². The molecule has 14 heavy (non-hydrogen) atoms. The molecular weight excluding hydrogens is 202 g/mol. The molecule has 0 saturated heterocycles. The average molecular weight is 225 g/mol. The Kier molecular flexibility index (Phi) is 3.24. The molecule has 0 atom stereocenters. The summed E-state index contributed by atoms with van der Waals surface area (Å²) in [6.07, 6.45) is 5.75. The van der Waals surface area contributed by atoms with Gasteiger partial charge in [-0.2, -0.15) is 0 Å². The quantitative estimate of drug-likeness (QED) is 0.726. The Morgan fingerprint density at radius 2 is 1.71 bits per heavy atom. The van der Waals surface area contributed by atoms with Gasteiger partial charge < -0.3 is 4.65 Å². The molecule has 0 bridgehead atoms. The Morgan fingerprint density at radius 1 is 1.14 bits per heavy atom. The zero-order valence-corrected chi connectivity index (χ0v) is 12.4.